The van der Waals surface area contributed by atoms with Gasteiger partial charge in [-0.3, -0.25) is 0 Å². The summed E-state index contributed by atoms with van der Waals surface area (Å²) in [6, 6.07) is 6.61. The largest absolute Gasteiger partial charge is 0.383 e. The van der Waals surface area contributed by atoms with Gasteiger partial charge in [0.15, 0.2) is 0 Å². The smallest absolute Gasteiger partial charge is 0.0718 e. The summed E-state index contributed by atoms with van der Waals surface area (Å²) < 4.78 is 7.40. The number of likely N-dealkylation sites (N-methyl/N-ethyl adjacent to an activating group) is 1. The van der Waals surface area contributed by atoms with E-state index in [1.807, 2.05) is 0 Å². The molecular weight excluding hydrogens is 224 g/mol. The molecule has 0 unspecified atom stereocenters. The highest BCUT2D eigenvalue weighted by Gasteiger charge is 2.12. The zero-order valence-electron chi connectivity index (χ0n) is 11.7. The number of nitrogens with zero attached hydrogens (tertiary/aromatic N) is 2. The van der Waals surface area contributed by atoms with E-state index in [0.717, 1.165) is 19.7 Å². The van der Waals surface area contributed by atoms with Crippen LogP contribution in [0.4, 0.5) is 5.69 Å². The van der Waals surface area contributed by atoms with Crippen molar-refractivity contribution in [2.45, 2.75) is 13.8 Å². The quantitative estimate of drug-likeness (QED) is 0.807. The first-order valence-corrected chi connectivity index (χ1v) is 6.47. The van der Waals surface area contributed by atoms with Crippen LogP contribution in [0, 0.1) is 6.92 Å². The monoisotopic (exact) mass is 246 g/mol. The predicted molar refractivity (Wildman–Crippen MR) is 77.4 cm³/mol. The summed E-state index contributed by atoms with van der Waals surface area (Å²) in [4.78, 5) is 2.37. The van der Waals surface area contributed by atoms with Gasteiger partial charge in [0.1, 0.15) is 0 Å². The molecule has 98 valence electrons. The van der Waals surface area contributed by atoms with Crippen molar-refractivity contribution in [2.24, 2.45) is 7.05 Å². The van der Waals surface area contributed by atoms with Gasteiger partial charge in [0.05, 0.1) is 17.8 Å². The molecular formula is C15H22N2O. The highest BCUT2D eigenvalue weighted by atomic mass is 16.5. The minimum absolute atomic E-state index is 0.758. The van der Waals surface area contributed by atoms with Gasteiger partial charge in [-0.05, 0) is 31.5 Å². The number of ether oxygens (including phenoxy) is 1. The molecule has 0 aliphatic rings. The number of hydrogen-bond donors (Lipinski definition) is 0. The van der Waals surface area contributed by atoms with E-state index >= 15 is 0 Å². The Morgan fingerprint density at radius 1 is 1.28 bits per heavy atom. The van der Waals surface area contributed by atoms with Gasteiger partial charge >= 0.3 is 0 Å². The molecule has 0 N–H and O–H groups in total. The number of aryl methyl sites for hydroxylation is 2. The van der Waals surface area contributed by atoms with Gasteiger partial charge in [0.2, 0.25) is 0 Å². The summed E-state index contributed by atoms with van der Waals surface area (Å²) in [7, 11) is 3.86. The summed E-state index contributed by atoms with van der Waals surface area (Å²) >= 11 is 0. The van der Waals surface area contributed by atoms with Gasteiger partial charge in [-0.1, -0.05) is 6.07 Å². The fourth-order valence-corrected chi connectivity index (χ4v) is 2.44. The van der Waals surface area contributed by atoms with Crippen LogP contribution in [0.15, 0.2) is 24.4 Å². The van der Waals surface area contributed by atoms with E-state index in [0.29, 0.717) is 0 Å². The van der Waals surface area contributed by atoms with Gasteiger partial charge in [0, 0.05) is 38.8 Å². The highest BCUT2D eigenvalue weighted by molar-refractivity contribution is 5.94. The van der Waals surface area contributed by atoms with E-state index in [1.54, 1.807) is 7.11 Å². The Bertz CT molecular complexity index is 531. The molecule has 0 fully saturated rings. The molecule has 0 aliphatic carbocycles. The second-order valence-corrected chi connectivity index (χ2v) is 4.66. The molecule has 0 aliphatic heterocycles. The lowest BCUT2D eigenvalue weighted by Gasteiger charge is -2.24. The van der Waals surface area contributed by atoms with Crippen LogP contribution in [-0.2, 0) is 11.8 Å². The Balaban J connectivity index is 2.49. The topological polar surface area (TPSA) is 17.4 Å². The average Bonchev–Trinajstić information content (AvgIpc) is 2.76. The van der Waals surface area contributed by atoms with Crippen molar-refractivity contribution in [2.75, 3.05) is 31.7 Å². The Hall–Kier alpha value is -1.48. The third-order valence-electron chi connectivity index (χ3n) is 3.52. The van der Waals surface area contributed by atoms with Gasteiger partial charge in [-0.2, -0.15) is 0 Å². The summed E-state index contributed by atoms with van der Waals surface area (Å²) in [5.74, 6) is 0. The molecule has 2 aromatic rings. The van der Waals surface area contributed by atoms with Crippen molar-refractivity contribution in [1.29, 1.82) is 0 Å². The third kappa shape index (κ3) is 2.23. The van der Waals surface area contributed by atoms with Crippen LogP contribution in [0.1, 0.15) is 12.5 Å². The van der Waals surface area contributed by atoms with E-state index in [4.69, 9.17) is 4.74 Å². The first-order valence-electron chi connectivity index (χ1n) is 6.47. The van der Waals surface area contributed by atoms with Gasteiger partial charge in [0.25, 0.3) is 0 Å². The molecule has 0 radical (unpaired) electrons. The maximum Gasteiger partial charge on any atom is 0.0718 e. The number of anilines is 1. The lowest BCUT2D eigenvalue weighted by Crippen LogP contribution is -2.27. The first-order chi connectivity index (χ1) is 8.69. The summed E-state index contributed by atoms with van der Waals surface area (Å²) in [6.45, 7) is 7.03. The molecule has 1 aromatic heterocycles. The highest BCUT2D eigenvalue weighted by Crippen LogP contribution is 2.29. The van der Waals surface area contributed by atoms with Crippen LogP contribution in [-0.4, -0.2) is 31.4 Å². The lowest BCUT2D eigenvalue weighted by atomic mass is 10.1. The standard InChI is InChI=1S/C15H22N2O/c1-5-17(10-11-18-4)14-7-6-12(2)13-8-9-16(3)15(13)14/h6-9H,5,10-11H2,1-4H3. The normalized spacial score (nSPS) is 11.1. The Morgan fingerprint density at radius 3 is 2.72 bits per heavy atom. The molecule has 0 saturated heterocycles. The molecule has 1 heterocycles. The number of fused-ring (bicyclic) bond motifs is 1. The number of rotatable bonds is 5. The van der Waals surface area contributed by atoms with Crippen molar-refractivity contribution in [3.8, 4) is 0 Å². The fourth-order valence-electron chi connectivity index (χ4n) is 2.44. The number of hydrogen-bond acceptors (Lipinski definition) is 2. The molecule has 0 bridgehead atoms. The second-order valence-electron chi connectivity index (χ2n) is 4.66. The number of benzene rings is 1. The molecule has 1 aromatic carbocycles. The number of methoxy groups -OCH3 is 1. The second kappa shape index (κ2) is 5.44. The van der Waals surface area contributed by atoms with Crippen molar-refractivity contribution in [3.63, 3.8) is 0 Å². The Labute approximate surface area is 109 Å². The minimum atomic E-state index is 0.758. The van der Waals surface area contributed by atoms with Crippen molar-refractivity contribution >= 4 is 16.6 Å². The van der Waals surface area contributed by atoms with Gasteiger partial charge in [-0.15, -0.1) is 0 Å². The maximum atomic E-state index is 5.19. The van der Waals surface area contributed by atoms with Gasteiger partial charge in [-0.25, -0.2) is 0 Å². The van der Waals surface area contributed by atoms with Crippen molar-refractivity contribution in [3.05, 3.63) is 30.0 Å². The molecule has 0 atom stereocenters. The van der Waals surface area contributed by atoms with Crippen LogP contribution >= 0.6 is 0 Å². The minimum Gasteiger partial charge on any atom is -0.383 e. The van der Waals surface area contributed by atoms with Gasteiger partial charge < -0.3 is 14.2 Å². The molecule has 3 nitrogen and oxygen atoms in total. The van der Waals surface area contributed by atoms with E-state index in [2.05, 4.69) is 54.8 Å². The molecule has 2 rings (SSSR count). The van der Waals surface area contributed by atoms with E-state index in [1.165, 1.54) is 22.2 Å². The molecule has 0 spiro atoms. The predicted octanol–water partition coefficient (Wildman–Crippen LogP) is 2.96. The zero-order chi connectivity index (χ0) is 13.1. The molecule has 18 heavy (non-hydrogen) atoms. The molecule has 0 amide bonds. The van der Waals surface area contributed by atoms with E-state index < -0.39 is 0 Å². The van der Waals surface area contributed by atoms with Crippen LogP contribution < -0.4 is 4.90 Å². The van der Waals surface area contributed by atoms with Crippen LogP contribution in [0.25, 0.3) is 10.9 Å². The van der Waals surface area contributed by atoms with Crippen LogP contribution in [0.5, 0.6) is 0 Å². The average molecular weight is 246 g/mol. The van der Waals surface area contributed by atoms with Crippen LogP contribution in [0.2, 0.25) is 0 Å². The fraction of sp³-hybridized carbons (Fsp3) is 0.467. The van der Waals surface area contributed by atoms with Crippen molar-refractivity contribution in [1.82, 2.24) is 4.57 Å². The van der Waals surface area contributed by atoms with Crippen LogP contribution in [0.3, 0.4) is 0 Å². The SMILES string of the molecule is CCN(CCOC)c1ccc(C)c2ccn(C)c12. The van der Waals surface area contributed by atoms with E-state index in [-0.39, 0.29) is 0 Å². The summed E-state index contributed by atoms with van der Waals surface area (Å²) in [6.07, 6.45) is 2.13. The Kier molecular flexibility index (Phi) is 3.92. The zero-order valence-corrected chi connectivity index (χ0v) is 11.7. The third-order valence-corrected chi connectivity index (χ3v) is 3.52. The summed E-state index contributed by atoms with van der Waals surface area (Å²) in [5.41, 5.74) is 3.94. The lowest BCUT2D eigenvalue weighted by molar-refractivity contribution is 0.205. The van der Waals surface area contributed by atoms with Crippen molar-refractivity contribution < 1.29 is 4.74 Å². The summed E-state index contributed by atoms with van der Waals surface area (Å²) in [5, 5.41) is 1.34. The maximum absolute atomic E-state index is 5.19. The molecule has 0 saturated carbocycles. The Morgan fingerprint density at radius 2 is 2.06 bits per heavy atom. The van der Waals surface area contributed by atoms with E-state index in [9.17, 15) is 0 Å². The molecule has 3 heteroatoms. The number of aromatic nitrogens is 1. The first kappa shape index (κ1) is 13.0.